The van der Waals surface area contributed by atoms with E-state index in [-0.39, 0.29) is 17.1 Å². The van der Waals surface area contributed by atoms with Crippen LogP contribution in [0, 0.1) is 11.3 Å². The van der Waals surface area contributed by atoms with E-state index in [0.29, 0.717) is 25.6 Å². The summed E-state index contributed by atoms with van der Waals surface area (Å²) in [6.45, 7) is 12.4. The predicted octanol–water partition coefficient (Wildman–Crippen LogP) is 5.72. The van der Waals surface area contributed by atoms with Gasteiger partial charge in [0.05, 0.1) is 18.3 Å². The third-order valence-corrected chi connectivity index (χ3v) is 7.87. The Hall–Kier alpha value is -2.91. The highest BCUT2D eigenvalue weighted by Gasteiger charge is 2.34. The maximum atomic E-state index is 12.5. The third-order valence-electron chi connectivity index (χ3n) is 7.16. The van der Waals surface area contributed by atoms with Crippen molar-refractivity contribution in [1.82, 2.24) is 14.6 Å². The van der Waals surface area contributed by atoms with Gasteiger partial charge in [-0.15, -0.1) is 0 Å². The van der Waals surface area contributed by atoms with Crippen LogP contribution in [0.5, 0.6) is 0 Å². The molecule has 0 aliphatic carbocycles. The second-order valence-electron chi connectivity index (χ2n) is 11.3. The molecule has 37 heavy (non-hydrogen) atoms. The van der Waals surface area contributed by atoms with Crippen LogP contribution in [0.1, 0.15) is 63.0 Å². The van der Waals surface area contributed by atoms with E-state index in [2.05, 4.69) is 51.2 Å². The van der Waals surface area contributed by atoms with Crippen LogP contribution in [-0.4, -0.2) is 48.0 Å². The minimum Gasteiger partial charge on any atom is -0.465 e. The van der Waals surface area contributed by atoms with Crippen LogP contribution in [0.4, 0.5) is 4.79 Å². The number of likely N-dealkylation sites (tertiary alicyclic amines) is 1. The minimum atomic E-state index is -1.03. The molecule has 1 atom stereocenters. The lowest BCUT2D eigenvalue weighted by atomic mass is 9.82. The number of piperidine rings is 1. The first-order valence-corrected chi connectivity index (χ1v) is 15.5. The minimum absolute atomic E-state index is 0.0512. The van der Waals surface area contributed by atoms with E-state index in [4.69, 9.17) is 8.95 Å². The summed E-state index contributed by atoms with van der Waals surface area (Å²) >= 11 is 0. The molecule has 1 aliphatic rings. The van der Waals surface area contributed by atoms with Crippen molar-refractivity contribution in [2.45, 2.75) is 72.2 Å². The van der Waals surface area contributed by atoms with Crippen molar-refractivity contribution < 1.29 is 18.9 Å². The molecule has 1 aromatic carbocycles. The van der Waals surface area contributed by atoms with Crippen molar-refractivity contribution in [1.29, 1.82) is 0 Å². The highest BCUT2D eigenvalue weighted by molar-refractivity contribution is 6.48. The Bertz CT molecular complexity index is 1280. The maximum absolute atomic E-state index is 12.5. The fraction of sp³-hybridized carbons (Fsp3) is 0.536. The molecule has 1 fully saturated rings. The molecule has 1 aliphatic heterocycles. The molecule has 1 radical (unpaired) electrons. The Morgan fingerprint density at radius 3 is 2.57 bits per heavy atom. The summed E-state index contributed by atoms with van der Waals surface area (Å²) in [5, 5.41) is 14.7. The number of carbonyl (C=O) groups is 1. The van der Waals surface area contributed by atoms with Crippen molar-refractivity contribution >= 4 is 26.1 Å². The second kappa shape index (κ2) is 11.2. The van der Waals surface area contributed by atoms with E-state index >= 15 is 0 Å². The number of carboxylic acid groups (broad SMARTS) is 1. The molecular weight excluding hydrogens is 486 g/mol. The van der Waals surface area contributed by atoms with Gasteiger partial charge in [-0.25, -0.2) is 4.79 Å². The SMILES string of the molecule is C[Si](C)OC(c1c(Cn2ccccc2=O)ccc2c(CCC3CCN(C(=O)O)CC3)noc12)C(C)(C)C. The Morgan fingerprint density at radius 1 is 1.22 bits per heavy atom. The van der Waals surface area contributed by atoms with E-state index in [1.165, 1.54) is 4.90 Å². The van der Waals surface area contributed by atoms with Crippen LogP contribution in [0.2, 0.25) is 13.1 Å². The van der Waals surface area contributed by atoms with Gasteiger partial charge in [0, 0.05) is 36.3 Å². The van der Waals surface area contributed by atoms with Crippen molar-refractivity contribution in [2.24, 2.45) is 11.3 Å². The molecule has 199 valence electrons. The average Bonchev–Trinajstić information content (AvgIpc) is 3.25. The molecule has 1 N–H and O–H groups in total. The normalized spacial score (nSPS) is 16.0. The number of fused-ring (bicyclic) bond motifs is 1. The van der Waals surface area contributed by atoms with Gasteiger partial charge < -0.3 is 23.5 Å². The fourth-order valence-corrected chi connectivity index (χ4v) is 6.10. The molecule has 0 bridgehead atoms. The van der Waals surface area contributed by atoms with E-state index in [1.54, 1.807) is 22.9 Å². The van der Waals surface area contributed by atoms with Crippen LogP contribution in [0.25, 0.3) is 11.0 Å². The van der Waals surface area contributed by atoms with Gasteiger partial charge in [-0.3, -0.25) is 4.79 Å². The zero-order chi connectivity index (χ0) is 26.7. The summed E-state index contributed by atoms with van der Waals surface area (Å²) in [5.41, 5.74) is 3.38. The first-order valence-electron chi connectivity index (χ1n) is 13.0. The van der Waals surface area contributed by atoms with E-state index in [0.717, 1.165) is 53.5 Å². The van der Waals surface area contributed by atoms with Gasteiger partial charge >= 0.3 is 6.09 Å². The number of nitrogens with zero attached hydrogens (tertiary/aromatic N) is 3. The van der Waals surface area contributed by atoms with Gasteiger partial charge in [-0.1, -0.05) is 38.1 Å². The summed E-state index contributed by atoms with van der Waals surface area (Å²) in [6.07, 6.45) is 4.24. The molecule has 3 aromatic rings. The summed E-state index contributed by atoms with van der Waals surface area (Å²) in [6, 6.07) is 9.33. The monoisotopic (exact) mass is 524 g/mol. The molecule has 1 amide bonds. The molecule has 1 unspecified atom stereocenters. The Labute approximate surface area is 219 Å². The average molecular weight is 525 g/mol. The molecule has 9 heteroatoms. The molecule has 3 heterocycles. The predicted molar refractivity (Wildman–Crippen MR) is 145 cm³/mol. The smallest absolute Gasteiger partial charge is 0.407 e. The third kappa shape index (κ3) is 6.33. The van der Waals surface area contributed by atoms with Crippen LogP contribution in [-0.2, 0) is 17.4 Å². The number of benzene rings is 1. The zero-order valence-electron chi connectivity index (χ0n) is 22.5. The molecule has 1 saturated heterocycles. The number of pyridine rings is 1. The van der Waals surface area contributed by atoms with Crippen LogP contribution >= 0.6 is 0 Å². The van der Waals surface area contributed by atoms with Crippen LogP contribution in [0.3, 0.4) is 0 Å². The van der Waals surface area contributed by atoms with Gasteiger partial charge in [-0.05, 0) is 67.8 Å². The van der Waals surface area contributed by atoms with E-state index < -0.39 is 15.1 Å². The molecule has 4 rings (SSSR count). The standard InChI is InChI=1S/C28H38N3O5Si/c1-28(2,3)26(36-37(4)5)24-20(18-31-15-7-6-8-23(31)32)10-11-21-22(29-35-25(21)24)12-9-19-13-16-30(17-14-19)27(33)34/h6-8,10-11,15,19,26H,9,12-14,16-18H2,1-5H3,(H,33,34). The van der Waals surface area contributed by atoms with Crippen molar-refractivity contribution in [3.8, 4) is 0 Å². The topological polar surface area (TPSA) is 97.8 Å². The van der Waals surface area contributed by atoms with Crippen LogP contribution < -0.4 is 5.56 Å². The number of hydrogen-bond donors (Lipinski definition) is 1. The highest BCUT2D eigenvalue weighted by Crippen LogP contribution is 2.42. The van der Waals surface area contributed by atoms with Crippen molar-refractivity contribution in [3.05, 3.63) is 63.7 Å². The van der Waals surface area contributed by atoms with Gasteiger partial charge in [0.15, 0.2) is 5.58 Å². The number of hydrogen-bond acceptors (Lipinski definition) is 5. The largest absolute Gasteiger partial charge is 0.465 e. The van der Waals surface area contributed by atoms with E-state index in [9.17, 15) is 14.7 Å². The molecule has 2 aromatic heterocycles. The van der Waals surface area contributed by atoms with Gasteiger partial charge in [0.25, 0.3) is 5.56 Å². The number of rotatable bonds is 8. The number of aromatic nitrogens is 2. The Morgan fingerprint density at radius 2 is 1.95 bits per heavy atom. The molecular formula is C28H38N3O5Si. The van der Waals surface area contributed by atoms with Gasteiger partial charge in [0.2, 0.25) is 9.04 Å². The van der Waals surface area contributed by atoms with Crippen molar-refractivity contribution in [2.75, 3.05) is 13.1 Å². The van der Waals surface area contributed by atoms with Gasteiger partial charge in [0.1, 0.15) is 0 Å². The van der Waals surface area contributed by atoms with Crippen molar-refractivity contribution in [3.63, 3.8) is 0 Å². The quantitative estimate of drug-likeness (QED) is 0.379. The van der Waals surface area contributed by atoms with E-state index in [1.807, 2.05) is 6.07 Å². The first kappa shape index (κ1) is 27.1. The fourth-order valence-electron chi connectivity index (χ4n) is 5.15. The highest BCUT2D eigenvalue weighted by atomic mass is 28.3. The Kier molecular flexibility index (Phi) is 8.23. The van der Waals surface area contributed by atoms with Gasteiger partial charge in [-0.2, -0.15) is 0 Å². The Balaban J connectivity index is 1.68. The first-order chi connectivity index (χ1) is 17.5. The molecule has 0 saturated carbocycles. The lowest BCUT2D eigenvalue weighted by Gasteiger charge is -2.34. The molecule has 0 spiro atoms. The zero-order valence-corrected chi connectivity index (χ0v) is 23.5. The maximum Gasteiger partial charge on any atom is 0.407 e. The number of amides is 1. The summed E-state index contributed by atoms with van der Waals surface area (Å²) in [4.78, 5) is 25.2. The summed E-state index contributed by atoms with van der Waals surface area (Å²) in [7, 11) is -1.03. The molecule has 8 nitrogen and oxygen atoms in total. The summed E-state index contributed by atoms with van der Waals surface area (Å²) < 4.78 is 14.3. The summed E-state index contributed by atoms with van der Waals surface area (Å²) in [5.74, 6) is 0.474. The lowest BCUT2D eigenvalue weighted by Crippen LogP contribution is -2.37. The lowest BCUT2D eigenvalue weighted by molar-refractivity contribution is 0.0858. The number of aryl methyl sites for hydroxylation is 1. The van der Waals surface area contributed by atoms with Crippen LogP contribution in [0.15, 0.2) is 45.8 Å². The second-order valence-corrected chi connectivity index (χ2v) is 13.4.